The summed E-state index contributed by atoms with van der Waals surface area (Å²) in [5.74, 6) is 0.269. The fourth-order valence-electron chi connectivity index (χ4n) is 1.71. The van der Waals surface area contributed by atoms with Crippen LogP contribution >= 0.6 is 31.9 Å². The van der Waals surface area contributed by atoms with Gasteiger partial charge in [0.15, 0.2) is 0 Å². The standard InChI is InChI=1S/C15H10Br2FNO/c16-7-12-6-14(1-2-15(12)17)20-9-11-3-10(8-19)4-13(18)5-11/h1-6H,7,9H2. The summed E-state index contributed by atoms with van der Waals surface area (Å²) >= 11 is 6.84. The van der Waals surface area contributed by atoms with E-state index in [1.807, 2.05) is 24.3 Å². The first-order chi connectivity index (χ1) is 9.62. The maximum absolute atomic E-state index is 13.3. The van der Waals surface area contributed by atoms with Crippen LogP contribution in [-0.4, -0.2) is 0 Å². The Balaban J connectivity index is 2.13. The monoisotopic (exact) mass is 397 g/mol. The van der Waals surface area contributed by atoms with Crippen LogP contribution in [0.25, 0.3) is 0 Å². The summed E-state index contributed by atoms with van der Waals surface area (Å²) < 4.78 is 19.9. The first-order valence-corrected chi connectivity index (χ1v) is 7.70. The number of alkyl halides is 1. The molecule has 2 aromatic rings. The van der Waals surface area contributed by atoms with E-state index in [4.69, 9.17) is 10.00 Å². The van der Waals surface area contributed by atoms with Gasteiger partial charge in [0.25, 0.3) is 0 Å². The van der Waals surface area contributed by atoms with E-state index < -0.39 is 5.82 Å². The molecule has 0 radical (unpaired) electrons. The van der Waals surface area contributed by atoms with Gasteiger partial charge in [-0.05, 0) is 47.5 Å². The Morgan fingerprint density at radius 1 is 1.20 bits per heavy atom. The second kappa shape index (κ2) is 6.87. The lowest BCUT2D eigenvalue weighted by atomic mass is 10.1. The molecule has 0 aromatic heterocycles. The zero-order chi connectivity index (χ0) is 14.5. The third kappa shape index (κ3) is 3.81. The molecule has 0 saturated heterocycles. The molecule has 0 atom stereocenters. The van der Waals surface area contributed by atoms with Gasteiger partial charge in [0.05, 0.1) is 11.6 Å². The Kier molecular flexibility index (Phi) is 5.16. The molecule has 5 heteroatoms. The number of benzene rings is 2. The third-order valence-corrected chi connectivity index (χ3v) is 4.03. The molecule has 2 aromatic carbocycles. The van der Waals surface area contributed by atoms with Crippen LogP contribution in [0.2, 0.25) is 0 Å². The largest absolute Gasteiger partial charge is 0.489 e. The average Bonchev–Trinajstić information content (AvgIpc) is 2.45. The van der Waals surface area contributed by atoms with Crippen LogP contribution in [0.5, 0.6) is 5.75 Å². The maximum Gasteiger partial charge on any atom is 0.124 e. The molecule has 0 aliphatic rings. The van der Waals surface area contributed by atoms with E-state index in [2.05, 4.69) is 31.9 Å². The van der Waals surface area contributed by atoms with Crippen molar-refractivity contribution in [1.82, 2.24) is 0 Å². The van der Waals surface area contributed by atoms with Crippen LogP contribution in [0.1, 0.15) is 16.7 Å². The van der Waals surface area contributed by atoms with Crippen LogP contribution in [0, 0.1) is 17.1 Å². The van der Waals surface area contributed by atoms with Crippen molar-refractivity contribution in [2.24, 2.45) is 0 Å². The maximum atomic E-state index is 13.3. The number of rotatable bonds is 4. The van der Waals surface area contributed by atoms with Crippen LogP contribution in [0.3, 0.4) is 0 Å². The van der Waals surface area contributed by atoms with E-state index in [0.29, 0.717) is 22.2 Å². The summed E-state index contributed by atoms with van der Waals surface area (Å²) in [7, 11) is 0. The first-order valence-electron chi connectivity index (χ1n) is 5.79. The summed E-state index contributed by atoms with van der Waals surface area (Å²) in [4.78, 5) is 0. The minimum atomic E-state index is -0.431. The average molecular weight is 399 g/mol. The van der Waals surface area contributed by atoms with Crippen molar-refractivity contribution in [1.29, 1.82) is 5.26 Å². The molecule has 0 fully saturated rings. The number of nitriles is 1. The van der Waals surface area contributed by atoms with Crippen LogP contribution < -0.4 is 4.74 Å². The number of halogens is 3. The van der Waals surface area contributed by atoms with Crippen molar-refractivity contribution in [2.75, 3.05) is 0 Å². The second-order valence-corrected chi connectivity index (χ2v) is 5.55. The minimum absolute atomic E-state index is 0.218. The molecule has 2 nitrogen and oxygen atoms in total. The molecule has 2 rings (SSSR count). The lowest BCUT2D eigenvalue weighted by molar-refractivity contribution is 0.305. The van der Waals surface area contributed by atoms with Crippen molar-refractivity contribution in [3.8, 4) is 11.8 Å². The predicted molar refractivity (Wildman–Crippen MR) is 82.2 cm³/mol. The summed E-state index contributed by atoms with van der Waals surface area (Å²) in [5.41, 5.74) is 1.99. The lowest BCUT2D eigenvalue weighted by Gasteiger charge is -2.09. The molecule has 102 valence electrons. The van der Waals surface area contributed by atoms with Crippen molar-refractivity contribution in [3.63, 3.8) is 0 Å². The highest BCUT2D eigenvalue weighted by molar-refractivity contribution is 9.10. The minimum Gasteiger partial charge on any atom is -0.489 e. The lowest BCUT2D eigenvalue weighted by Crippen LogP contribution is -1.97. The van der Waals surface area contributed by atoms with Crippen molar-refractivity contribution in [2.45, 2.75) is 11.9 Å². The Labute approximate surface area is 133 Å². The van der Waals surface area contributed by atoms with Crippen LogP contribution in [-0.2, 0) is 11.9 Å². The summed E-state index contributed by atoms with van der Waals surface area (Å²) in [6.07, 6.45) is 0. The highest BCUT2D eigenvalue weighted by Gasteiger charge is 2.04. The van der Waals surface area contributed by atoms with Gasteiger partial charge in [-0.1, -0.05) is 31.9 Å². The molecular weight excluding hydrogens is 389 g/mol. The van der Waals surface area contributed by atoms with Gasteiger partial charge in [-0.2, -0.15) is 5.26 Å². The fraction of sp³-hybridized carbons (Fsp3) is 0.133. The van der Waals surface area contributed by atoms with Gasteiger partial charge < -0.3 is 4.74 Å². The Hall–Kier alpha value is -1.38. The predicted octanol–water partition coefficient (Wildman–Crippen LogP) is 4.93. The van der Waals surface area contributed by atoms with Gasteiger partial charge in [-0.3, -0.25) is 0 Å². The van der Waals surface area contributed by atoms with E-state index in [-0.39, 0.29) is 6.61 Å². The highest BCUT2D eigenvalue weighted by atomic mass is 79.9. The Morgan fingerprint density at radius 2 is 2.00 bits per heavy atom. The van der Waals surface area contributed by atoms with E-state index in [9.17, 15) is 4.39 Å². The highest BCUT2D eigenvalue weighted by Crippen LogP contribution is 2.25. The van der Waals surface area contributed by atoms with Crippen molar-refractivity contribution < 1.29 is 9.13 Å². The molecule has 0 N–H and O–H groups in total. The topological polar surface area (TPSA) is 33.0 Å². The number of nitrogens with zero attached hydrogens (tertiary/aromatic N) is 1. The SMILES string of the molecule is N#Cc1cc(F)cc(COc2ccc(Br)c(CBr)c2)c1. The molecule has 0 spiro atoms. The molecule has 0 aliphatic heterocycles. The van der Waals surface area contributed by atoms with Crippen LogP contribution in [0.4, 0.5) is 4.39 Å². The van der Waals surface area contributed by atoms with Gasteiger partial charge in [-0.15, -0.1) is 0 Å². The number of hydrogen-bond donors (Lipinski definition) is 0. The molecule has 0 bridgehead atoms. The molecule has 0 unspecified atom stereocenters. The quantitative estimate of drug-likeness (QED) is 0.683. The van der Waals surface area contributed by atoms with E-state index in [1.54, 1.807) is 6.07 Å². The Morgan fingerprint density at radius 3 is 2.70 bits per heavy atom. The molecule has 0 heterocycles. The molecule has 0 aliphatic carbocycles. The van der Waals surface area contributed by atoms with Gasteiger partial charge >= 0.3 is 0 Å². The van der Waals surface area contributed by atoms with E-state index in [0.717, 1.165) is 10.0 Å². The smallest absolute Gasteiger partial charge is 0.124 e. The van der Waals surface area contributed by atoms with E-state index in [1.165, 1.54) is 12.1 Å². The third-order valence-electron chi connectivity index (χ3n) is 2.65. The van der Waals surface area contributed by atoms with Gasteiger partial charge in [0.1, 0.15) is 18.2 Å². The normalized spacial score (nSPS) is 10.1. The van der Waals surface area contributed by atoms with Gasteiger partial charge in [0.2, 0.25) is 0 Å². The first kappa shape index (κ1) is 15.0. The second-order valence-electron chi connectivity index (χ2n) is 4.14. The van der Waals surface area contributed by atoms with Crippen molar-refractivity contribution >= 4 is 31.9 Å². The number of ether oxygens (including phenoxy) is 1. The zero-order valence-corrected chi connectivity index (χ0v) is 13.5. The number of hydrogen-bond acceptors (Lipinski definition) is 2. The van der Waals surface area contributed by atoms with Crippen molar-refractivity contribution in [3.05, 3.63) is 63.4 Å². The zero-order valence-electron chi connectivity index (χ0n) is 10.4. The molecule has 0 amide bonds. The summed E-state index contributed by atoms with van der Waals surface area (Å²) in [6, 6.07) is 11.8. The summed E-state index contributed by atoms with van der Waals surface area (Å²) in [5, 5.41) is 9.51. The molecule has 20 heavy (non-hydrogen) atoms. The van der Waals surface area contributed by atoms with Crippen LogP contribution in [0.15, 0.2) is 40.9 Å². The fourth-order valence-corrected chi connectivity index (χ4v) is 2.94. The van der Waals surface area contributed by atoms with Gasteiger partial charge in [-0.25, -0.2) is 4.39 Å². The molecular formula is C15H10Br2FNO. The van der Waals surface area contributed by atoms with E-state index >= 15 is 0 Å². The van der Waals surface area contributed by atoms with Gasteiger partial charge in [0, 0.05) is 9.80 Å². The molecule has 0 saturated carbocycles. The Bertz CT molecular complexity index is 667. The summed E-state index contributed by atoms with van der Waals surface area (Å²) in [6.45, 7) is 0.218.